The molecule has 1 saturated heterocycles. The van der Waals surface area contributed by atoms with Gasteiger partial charge >= 0.3 is 0 Å². The van der Waals surface area contributed by atoms with Gasteiger partial charge < -0.3 is 4.90 Å². The van der Waals surface area contributed by atoms with Crippen LogP contribution in [0.5, 0.6) is 0 Å². The van der Waals surface area contributed by atoms with Gasteiger partial charge in [0.1, 0.15) is 4.21 Å². The minimum Gasteiger partial charge on any atom is -0.300 e. The summed E-state index contributed by atoms with van der Waals surface area (Å²) >= 11 is 1.40. The van der Waals surface area contributed by atoms with Gasteiger partial charge in [0, 0.05) is 36.8 Å². The number of thiophene rings is 1. The van der Waals surface area contributed by atoms with Crippen LogP contribution < -0.4 is 0 Å². The van der Waals surface area contributed by atoms with Gasteiger partial charge in [0.2, 0.25) is 0 Å². The van der Waals surface area contributed by atoms with E-state index in [1.54, 1.807) is 10.4 Å². The lowest BCUT2D eigenvalue weighted by Gasteiger charge is -2.21. The fourth-order valence-corrected chi connectivity index (χ4v) is 6.28. The third-order valence-corrected chi connectivity index (χ3v) is 8.45. The van der Waals surface area contributed by atoms with E-state index in [9.17, 15) is 8.42 Å². The van der Waals surface area contributed by atoms with Gasteiger partial charge in [0.15, 0.2) is 0 Å². The van der Waals surface area contributed by atoms with Crippen LogP contribution in [0.25, 0.3) is 0 Å². The minimum atomic E-state index is -3.36. The number of nitrogens with zero attached hydrogens (tertiary/aromatic N) is 4. The quantitative estimate of drug-likeness (QED) is 0.704. The Kier molecular flexibility index (Phi) is 7.88. The van der Waals surface area contributed by atoms with Crippen LogP contribution in [0.1, 0.15) is 29.6 Å². The van der Waals surface area contributed by atoms with Gasteiger partial charge in [0.25, 0.3) is 10.0 Å². The molecule has 0 radical (unpaired) electrons. The Morgan fingerprint density at radius 1 is 1.11 bits per heavy atom. The van der Waals surface area contributed by atoms with Gasteiger partial charge in [0.05, 0.1) is 12.2 Å². The molecule has 0 atom stereocenters. The standard InChI is InChI=1S/C18H28N4O2S2.ClH/c1-4-17-6-7-18(25-17)26(23,24)21-9-5-8-20(10-12-21)11-13-22-16(3)14-15(2)19-22;/h6-7,14H,4-5,8-13H2,1-3H3;1H. The number of hydrogen-bond donors (Lipinski definition) is 0. The average molecular weight is 433 g/mol. The highest BCUT2D eigenvalue weighted by molar-refractivity contribution is 7.91. The fraction of sp³-hybridized carbons (Fsp3) is 0.611. The highest BCUT2D eigenvalue weighted by Gasteiger charge is 2.28. The number of sulfonamides is 1. The third-order valence-electron chi connectivity index (χ3n) is 4.86. The van der Waals surface area contributed by atoms with Gasteiger partial charge in [-0.1, -0.05) is 6.92 Å². The predicted molar refractivity (Wildman–Crippen MR) is 112 cm³/mol. The number of halogens is 1. The fourth-order valence-electron chi connectivity index (χ4n) is 3.36. The lowest BCUT2D eigenvalue weighted by molar-refractivity contribution is 0.269. The second kappa shape index (κ2) is 9.52. The molecule has 0 amide bonds. The zero-order valence-corrected chi connectivity index (χ0v) is 18.7. The summed E-state index contributed by atoms with van der Waals surface area (Å²) in [4.78, 5) is 3.46. The minimum absolute atomic E-state index is 0. The number of aryl methyl sites for hydroxylation is 3. The molecule has 2 aromatic heterocycles. The van der Waals surface area contributed by atoms with E-state index < -0.39 is 10.0 Å². The number of hydrogen-bond acceptors (Lipinski definition) is 5. The lowest BCUT2D eigenvalue weighted by atomic mass is 10.4. The van der Waals surface area contributed by atoms with Crippen molar-refractivity contribution in [3.8, 4) is 0 Å². The first-order chi connectivity index (χ1) is 12.4. The molecule has 2 aromatic rings. The van der Waals surface area contributed by atoms with Crippen molar-refractivity contribution in [2.75, 3.05) is 32.7 Å². The molecule has 3 rings (SSSR count). The molecule has 0 saturated carbocycles. The summed E-state index contributed by atoms with van der Waals surface area (Å²) in [7, 11) is -3.36. The predicted octanol–water partition coefficient (Wildman–Crippen LogP) is 2.94. The van der Waals surface area contributed by atoms with E-state index in [0.717, 1.165) is 49.6 Å². The van der Waals surface area contributed by atoms with E-state index in [1.165, 1.54) is 17.0 Å². The van der Waals surface area contributed by atoms with Gasteiger partial charge in [-0.05, 0) is 51.4 Å². The monoisotopic (exact) mass is 432 g/mol. The normalized spacial score (nSPS) is 16.9. The van der Waals surface area contributed by atoms with Crippen LogP contribution in [0, 0.1) is 13.8 Å². The SMILES string of the molecule is CCc1ccc(S(=O)(=O)N2CCCN(CCn3nc(C)cc3C)CC2)s1.Cl. The van der Waals surface area contributed by atoms with Crippen LogP contribution in [0.15, 0.2) is 22.4 Å². The summed E-state index contributed by atoms with van der Waals surface area (Å²) < 4.78 is 30.0. The van der Waals surface area contributed by atoms with Crippen molar-refractivity contribution in [2.45, 2.75) is 44.4 Å². The van der Waals surface area contributed by atoms with Gasteiger partial charge in [-0.25, -0.2) is 8.42 Å². The first kappa shape index (κ1) is 22.4. The number of rotatable bonds is 6. The Bertz CT molecular complexity index is 847. The zero-order chi connectivity index (χ0) is 18.7. The molecule has 1 aliphatic rings. The summed E-state index contributed by atoms with van der Waals surface area (Å²) in [6.45, 7) is 10.7. The maximum Gasteiger partial charge on any atom is 0.252 e. The first-order valence-corrected chi connectivity index (χ1v) is 11.5. The zero-order valence-electron chi connectivity index (χ0n) is 16.2. The van der Waals surface area contributed by atoms with Crippen molar-refractivity contribution in [3.63, 3.8) is 0 Å². The summed E-state index contributed by atoms with van der Waals surface area (Å²) in [5.41, 5.74) is 2.21. The molecule has 3 heterocycles. The van der Waals surface area contributed by atoms with Crippen molar-refractivity contribution in [2.24, 2.45) is 0 Å². The molecule has 0 aromatic carbocycles. The van der Waals surface area contributed by atoms with E-state index in [4.69, 9.17) is 0 Å². The molecule has 152 valence electrons. The molecule has 0 bridgehead atoms. The molecular weight excluding hydrogens is 404 g/mol. The Morgan fingerprint density at radius 2 is 1.89 bits per heavy atom. The Hall–Kier alpha value is -0.930. The van der Waals surface area contributed by atoms with Gasteiger partial charge in [-0.3, -0.25) is 4.68 Å². The average Bonchev–Trinajstić information content (AvgIpc) is 3.13. The molecular formula is C18H29ClN4O2S2. The van der Waals surface area contributed by atoms with Gasteiger partial charge in [-0.2, -0.15) is 9.40 Å². The van der Waals surface area contributed by atoms with E-state index in [0.29, 0.717) is 17.3 Å². The van der Waals surface area contributed by atoms with Crippen LogP contribution in [0.2, 0.25) is 0 Å². The summed E-state index contributed by atoms with van der Waals surface area (Å²) in [5.74, 6) is 0. The summed E-state index contributed by atoms with van der Waals surface area (Å²) in [6.07, 6.45) is 1.74. The van der Waals surface area contributed by atoms with Crippen LogP contribution >= 0.6 is 23.7 Å². The van der Waals surface area contributed by atoms with Crippen molar-refractivity contribution in [1.29, 1.82) is 0 Å². The molecule has 6 nitrogen and oxygen atoms in total. The summed E-state index contributed by atoms with van der Waals surface area (Å²) in [6, 6.07) is 5.77. The van der Waals surface area contributed by atoms with Crippen LogP contribution in [-0.2, 0) is 23.0 Å². The van der Waals surface area contributed by atoms with E-state index in [2.05, 4.69) is 29.9 Å². The molecule has 1 fully saturated rings. The van der Waals surface area contributed by atoms with Crippen LogP contribution in [0.4, 0.5) is 0 Å². The Balaban J connectivity index is 0.00000261. The lowest BCUT2D eigenvalue weighted by Crippen LogP contribution is -2.35. The highest BCUT2D eigenvalue weighted by Crippen LogP contribution is 2.26. The van der Waals surface area contributed by atoms with Crippen LogP contribution in [0.3, 0.4) is 0 Å². The van der Waals surface area contributed by atoms with Crippen molar-refractivity contribution >= 4 is 33.8 Å². The van der Waals surface area contributed by atoms with Crippen molar-refractivity contribution < 1.29 is 8.42 Å². The van der Waals surface area contributed by atoms with Gasteiger partial charge in [-0.15, -0.1) is 23.7 Å². The van der Waals surface area contributed by atoms with E-state index in [1.807, 2.05) is 17.7 Å². The molecule has 0 aliphatic carbocycles. The number of aromatic nitrogens is 2. The Morgan fingerprint density at radius 3 is 2.52 bits per heavy atom. The molecule has 0 spiro atoms. The third kappa shape index (κ3) is 5.32. The summed E-state index contributed by atoms with van der Waals surface area (Å²) in [5, 5.41) is 4.51. The molecule has 1 aliphatic heterocycles. The maximum absolute atomic E-state index is 12.9. The van der Waals surface area contributed by atoms with Crippen LogP contribution in [-0.4, -0.2) is 60.1 Å². The molecule has 0 N–H and O–H groups in total. The topological polar surface area (TPSA) is 58.4 Å². The molecule has 27 heavy (non-hydrogen) atoms. The van der Waals surface area contributed by atoms with Crippen molar-refractivity contribution in [1.82, 2.24) is 19.0 Å². The smallest absolute Gasteiger partial charge is 0.252 e. The first-order valence-electron chi connectivity index (χ1n) is 9.22. The maximum atomic E-state index is 12.9. The van der Waals surface area contributed by atoms with E-state index >= 15 is 0 Å². The second-order valence-electron chi connectivity index (χ2n) is 6.82. The molecule has 0 unspecified atom stereocenters. The largest absolute Gasteiger partial charge is 0.300 e. The second-order valence-corrected chi connectivity index (χ2v) is 10.2. The van der Waals surface area contributed by atoms with Crippen molar-refractivity contribution in [3.05, 3.63) is 34.5 Å². The highest BCUT2D eigenvalue weighted by atomic mass is 35.5. The Labute approximate surface area is 172 Å². The van der Waals surface area contributed by atoms with E-state index in [-0.39, 0.29) is 12.4 Å². The molecule has 9 heteroatoms.